The summed E-state index contributed by atoms with van der Waals surface area (Å²) in [7, 11) is 0. The van der Waals surface area contributed by atoms with Gasteiger partial charge >= 0.3 is 5.97 Å². The van der Waals surface area contributed by atoms with Crippen LogP contribution in [0.15, 0.2) is 59.8 Å². The van der Waals surface area contributed by atoms with E-state index in [1.807, 2.05) is 0 Å². The minimum Gasteiger partial charge on any atom is -0.462 e. The van der Waals surface area contributed by atoms with Crippen LogP contribution in [0.2, 0.25) is 0 Å². The van der Waals surface area contributed by atoms with Gasteiger partial charge in [0.15, 0.2) is 5.84 Å². The molecule has 3 amide bonds. The zero-order valence-electron chi connectivity index (χ0n) is 21.3. The highest BCUT2D eigenvalue weighted by molar-refractivity contribution is 5.99. The topological polar surface area (TPSA) is 163 Å². The molecular weight excluding hydrogens is 490 g/mol. The number of ether oxygens (including phenoxy) is 1. The van der Waals surface area contributed by atoms with Crippen molar-refractivity contribution in [1.82, 2.24) is 15.5 Å². The fourth-order valence-corrected chi connectivity index (χ4v) is 4.18. The summed E-state index contributed by atoms with van der Waals surface area (Å²) in [5, 5.41) is 17.4. The van der Waals surface area contributed by atoms with Gasteiger partial charge in [0.05, 0.1) is 0 Å². The highest BCUT2D eigenvalue weighted by Crippen LogP contribution is 2.16. The molecule has 0 radical (unpaired) electrons. The van der Waals surface area contributed by atoms with E-state index in [1.54, 1.807) is 47.4 Å². The molecule has 0 aliphatic carbocycles. The molecule has 2 aromatic carbocycles. The molecule has 0 spiro atoms. The molecule has 1 aliphatic heterocycles. The van der Waals surface area contributed by atoms with E-state index < -0.39 is 12.1 Å². The second kappa shape index (κ2) is 13.8. The summed E-state index contributed by atoms with van der Waals surface area (Å²) in [5.41, 5.74) is 6.79. The highest BCUT2D eigenvalue weighted by Gasteiger charge is 2.25. The number of nitrogens with one attached hydrogen (secondary N) is 2. The number of nitrogens with two attached hydrogens (primary N) is 1. The molecule has 1 heterocycles. The van der Waals surface area contributed by atoms with Crippen molar-refractivity contribution in [3.63, 3.8) is 0 Å². The van der Waals surface area contributed by atoms with Crippen LogP contribution in [0, 0.1) is 0 Å². The van der Waals surface area contributed by atoms with E-state index in [-0.39, 0.29) is 36.1 Å². The highest BCUT2D eigenvalue weighted by atomic mass is 16.5. The van der Waals surface area contributed by atoms with Crippen LogP contribution in [0.4, 0.5) is 0 Å². The molecular formula is C27H33N5O6. The smallest absolute Gasteiger partial charge is 0.302 e. The Morgan fingerprint density at radius 2 is 1.53 bits per heavy atom. The minimum absolute atomic E-state index is 0.0236. The van der Waals surface area contributed by atoms with Crippen LogP contribution < -0.4 is 16.4 Å². The van der Waals surface area contributed by atoms with Crippen LogP contribution in [-0.2, 0) is 14.3 Å². The summed E-state index contributed by atoms with van der Waals surface area (Å²) in [6, 6.07) is 14.8. The first kappa shape index (κ1) is 28.2. The zero-order chi connectivity index (χ0) is 27.5. The lowest BCUT2D eigenvalue weighted by atomic mass is 10.1. The normalized spacial score (nSPS) is 14.9. The van der Waals surface area contributed by atoms with Crippen LogP contribution in [0.1, 0.15) is 65.3 Å². The van der Waals surface area contributed by atoms with Crippen LogP contribution in [-0.4, -0.2) is 65.0 Å². The molecule has 5 N–H and O–H groups in total. The summed E-state index contributed by atoms with van der Waals surface area (Å²) in [4.78, 5) is 51.2. The van der Waals surface area contributed by atoms with Crippen LogP contribution in [0.25, 0.3) is 0 Å². The number of hydrogen-bond acceptors (Lipinski definition) is 7. The number of amidine groups is 1. The third-order valence-electron chi connectivity index (χ3n) is 6.21. The molecule has 202 valence electrons. The van der Waals surface area contributed by atoms with Gasteiger partial charge in [0.2, 0.25) is 5.91 Å². The molecule has 11 nitrogen and oxygen atoms in total. The number of oxime groups is 1. The Hall–Kier alpha value is -4.41. The monoisotopic (exact) mass is 523 g/mol. The van der Waals surface area contributed by atoms with E-state index in [9.17, 15) is 19.2 Å². The molecule has 1 atom stereocenters. The first-order chi connectivity index (χ1) is 18.3. The fourth-order valence-electron chi connectivity index (χ4n) is 4.18. The number of hydrogen-bond donors (Lipinski definition) is 4. The van der Waals surface area contributed by atoms with Gasteiger partial charge in [-0.2, -0.15) is 0 Å². The predicted octanol–water partition coefficient (Wildman–Crippen LogP) is 1.99. The molecule has 11 heteroatoms. The molecule has 3 rings (SSSR count). The summed E-state index contributed by atoms with van der Waals surface area (Å²) >= 11 is 0. The van der Waals surface area contributed by atoms with Crippen molar-refractivity contribution < 1.29 is 29.1 Å². The Bertz CT molecular complexity index is 1140. The number of carbonyl (C=O) groups is 4. The number of esters is 1. The number of rotatable bonds is 10. The third kappa shape index (κ3) is 8.32. The quantitative estimate of drug-likeness (QED) is 0.0924. The van der Waals surface area contributed by atoms with Crippen molar-refractivity contribution in [2.45, 2.75) is 51.3 Å². The Kier molecular flexibility index (Phi) is 10.2. The van der Waals surface area contributed by atoms with E-state index in [2.05, 4.69) is 15.8 Å². The van der Waals surface area contributed by atoms with Gasteiger partial charge in [-0.15, -0.1) is 0 Å². The van der Waals surface area contributed by atoms with Gasteiger partial charge in [-0.25, -0.2) is 0 Å². The van der Waals surface area contributed by atoms with Gasteiger partial charge in [-0.1, -0.05) is 35.5 Å². The van der Waals surface area contributed by atoms with Crippen molar-refractivity contribution in [3.8, 4) is 0 Å². The van der Waals surface area contributed by atoms with E-state index in [1.165, 1.54) is 19.1 Å². The third-order valence-corrected chi connectivity index (χ3v) is 6.21. The number of nitrogens with zero attached hydrogens (tertiary/aromatic N) is 2. The maximum absolute atomic E-state index is 12.9. The first-order valence-electron chi connectivity index (χ1n) is 12.5. The first-order valence-corrected chi connectivity index (χ1v) is 12.5. The second-order valence-corrected chi connectivity index (χ2v) is 9.01. The summed E-state index contributed by atoms with van der Waals surface area (Å²) in [5.74, 6) is -1.19. The summed E-state index contributed by atoms with van der Waals surface area (Å²) in [6.07, 6.45) is 1.35. The van der Waals surface area contributed by atoms with Crippen molar-refractivity contribution >= 4 is 29.5 Å². The predicted molar refractivity (Wildman–Crippen MR) is 139 cm³/mol. The Balaban J connectivity index is 1.58. The van der Waals surface area contributed by atoms with E-state index in [0.29, 0.717) is 55.5 Å². The van der Waals surface area contributed by atoms with Gasteiger partial charge < -0.3 is 31.2 Å². The summed E-state index contributed by atoms with van der Waals surface area (Å²) in [6.45, 7) is 2.41. The molecule has 2 aromatic rings. The van der Waals surface area contributed by atoms with E-state index in [0.717, 1.165) is 0 Å². The molecule has 1 unspecified atom stereocenters. The van der Waals surface area contributed by atoms with Gasteiger partial charge in [0, 0.05) is 56.0 Å². The van der Waals surface area contributed by atoms with Crippen LogP contribution in [0.5, 0.6) is 0 Å². The van der Waals surface area contributed by atoms with Crippen molar-refractivity contribution in [2.24, 2.45) is 10.9 Å². The lowest BCUT2D eigenvalue weighted by Crippen LogP contribution is -2.48. The molecule has 0 saturated carbocycles. The molecule has 1 saturated heterocycles. The van der Waals surface area contributed by atoms with Crippen LogP contribution in [0.3, 0.4) is 0 Å². The molecule has 1 fully saturated rings. The Labute approximate surface area is 221 Å². The lowest BCUT2D eigenvalue weighted by Gasteiger charge is -2.31. The van der Waals surface area contributed by atoms with E-state index >= 15 is 0 Å². The zero-order valence-corrected chi connectivity index (χ0v) is 21.3. The van der Waals surface area contributed by atoms with Crippen molar-refractivity contribution in [3.05, 3.63) is 71.3 Å². The van der Waals surface area contributed by atoms with Gasteiger partial charge in [-0.05, 0) is 37.1 Å². The minimum atomic E-state index is -0.721. The van der Waals surface area contributed by atoms with Gasteiger partial charge in [-0.3, -0.25) is 19.2 Å². The van der Waals surface area contributed by atoms with Crippen molar-refractivity contribution in [1.29, 1.82) is 0 Å². The number of benzene rings is 2. The molecule has 0 aromatic heterocycles. The molecule has 38 heavy (non-hydrogen) atoms. The molecule has 1 aliphatic rings. The van der Waals surface area contributed by atoms with Crippen LogP contribution >= 0.6 is 0 Å². The number of piperidine rings is 1. The maximum Gasteiger partial charge on any atom is 0.302 e. The maximum atomic E-state index is 12.9. The number of likely N-dealkylation sites (tertiary alicyclic amines) is 1. The van der Waals surface area contributed by atoms with Gasteiger partial charge in [0.25, 0.3) is 11.8 Å². The molecule has 0 bridgehead atoms. The fraction of sp³-hybridized carbons (Fsp3) is 0.370. The number of amides is 3. The number of carbonyl (C=O) groups excluding carboxylic acids is 4. The average Bonchev–Trinajstić information content (AvgIpc) is 2.93. The standard InChI is InChI=1S/C27H33N5O6/c1-18(33)38-22-14-16-32(17-15-22)24(34)9-5-8-23(29-26(35)20-6-3-2-4-7-20)30-27(36)21-12-10-19(11-13-21)25(28)31-37/h2-4,6-7,10-13,22-23,37H,5,8-9,14-17H2,1H3,(H2,28,31)(H,29,35)(H,30,36). The Morgan fingerprint density at radius 1 is 0.974 bits per heavy atom. The lowest BCUT2D eigenvalue weighted by molar-refractivity contribution is -0.149. The largest absolute Gasteiger partial charge is 0.462 e. The summed E-state index contributed by atoms with van der Waals surface area (Å²) < 4.78 is 5.22. The van der Waals surface area contributed by atoms with E-state index in [4.69, 9.17) is 15.7 Å². The second-order valence-electron chi connectivity index (χ2n) is 9.01. The van der Waals surface area contributed by atoms with Gasteiger partial charge in [0.1, 0.15) is 12.3 Å². The SMILES string of the molecule is CC(=O)OC1CCN(C(=O)CCCC(NC(=O)c2ccccc2)NC(=O)c2ccc(C(N)=NO)cc2)CC1. The average molecular weight is 524 g/mol. The van der Waals surface area contributed by atoms with Crippen molar-refractivity contribution in [2.75, 3.05) is 13.1 Å². The Morgan fingerprint density at radius 3 is 2.08 bits per heavy atom.